The summed E-state index contributed by atoms with van der Waals surface area (Å²) in [6, 6.07) is 40.7. The number of rotatable bonds is 32. The number of hydrogen-bond acceptors (Lipinski definition) is 24. The predicted octanol–water partition coefficient (Wildman–Crippen LogP) is 14.7. The first-order valence-corrected chi connectivity index (χ1v) is 34.3. The summed E-state index contributed by atoms with van der Waals surface area (Å²) in [5, 5.41) is 79.6. The van der Waals surface area contributed by atoms with Crippen LogP contribution in [0.4, 0.5) is 0 Å². The first kappa shape index (κ1) is 86.6. The number of aromatic hydroxyl groups is 8. The minimum absolute atomic E-state index is 0.129. The van der Waals surface area contributed by atoms with Gasteiger partial charge in [0, 0.05) is 217 Å². The molecule has 24 nitrogen and oxygen atoms in total. The van der Waals surface area contributed by atoms with Crippen LogP contribution >= 0.6 is 0 Å². The van der Waals surface area contributed by atoms with Crippen molar-refractivity contribution in [2.45, 2.75) is 55.4 Å². The third-order valence-corrected chi connectivity index (χ3v) is 15.9. The quantitative estimate of drug-likeness (QED) is 0.0182. The minimum Gasteiger partial charge on any atom is -0.507 e. The molecule has 0 aliphatic heterocycles. The Kier molecular flexibility index (Phi) is 34.3. The van der Waals surface area contributed by atoms with E-state index in [0.29, 0.717) is 143 Å². The zero-order valence-corrected chi connectivity index (χ0v) is 64.6. The fraction of sp³-hybridized carbons (Fsp3) is 0.333. The van der Waals surface area contributed by atoms with Gasteiger partial charge in [-0.1, -0.05) is 55.4 Å². The Balaban J connectivity index is 0.000000258. The Labute approximate surface area is 633 Å². The van der Waals surface area contributed by atoms with Crippen LogP contribution in [0.3, 0.4) is 0 Å². The average Bonchev–Trinajstić information content (AvgIpc) is 0.890. The first-order valence-electron chi connectivity index (χ1n) is 34.3. The van der Waals surface area contributed by atoms with Gasteiger partial charge in [-0.2, -0.15) is 0 Å². The summed E-state index contributed by atoms with van der Waals surface area (Å²) in [5.41, 5.74) is 4.42. The van der Waals surface area contributed by atoms with E-state index in [1.807, 2.05) is 0 Å². The Morgan fingerprint density at radius 3 is 0.389 bits per heavy atom. The highest BCUT2D eigenvalue weighted by Gasteiger charge is 2.20. The van der Waals surface area contributed by atoms with Gasteiger partial charge in [0.15, 0.2) is 0 Å². The van der Waals surface area contributed by atoms with Gasteiger partial charge in [0.25, 0.3) is 0 Å². The molecular formula is C84H104N8O16. The van der Waals surface area contributed by atoms with Crippen molar-refractivity contribution in [3.8, 4) is 92.0 Å². The molecule has 0 amide bonds. The molecule has 0 unspecified atom stereocenters. The maximum Gasteiger partial charge on any atom is 0.128 e. The van der Waals surface area contributed by atoms with Crippen molar-refractivity contribution in [1.29, 1.82) is 0 Å². The number of nitrogens with zero attached hydrogens (tertiary/aromatic N) is 8. The monoisotopic (exact) mass is 1480 g/mol. The van der Waals surface area contributed by atoms with E-state index in [9.17, 15) is 40.9 Å². The number of phenols is 8. The molecule has 0 heterocycles. The van der Waals surface area contributed by atoms with Crippen molar-refractivity contribution in [2.24, 2.45) is 61.6 Å². The van der Waals surface area contributed by atoms with Crippen LogP contribution in [0.25, 0.3) is 0 Å². The van der Waals surface area contributed by atoms with E-state index >= 15 is 0 Å². The molecule has 576 valence electrons. The van der Waals surface area contributed by atoms with Gasteiger partial charge in [0.2, 0.25) is 0 Å². The van der Waals surface area contributed by atoms with E-state index < -0.39 is 0 Å². The SMILES string of the molecule is COc1ccc(C=NCC(C)(C)CN=Cc2ccc(OC)cc2O)c(O)c1.COc1ccc(C=NCC(C)(C)CN=Cc2ccc(OC)cc2O)c(O)c1.COc1ccc(C=NCC(C)(C)CN=Cc2ccc(OC)cc2O)c(O)c1.COc1ccc(C=NCC(C)(C)CN=Cc2ccc(OC)cc2O)c(O)c1. The van der Waals surface area contributed by atoms with Crippen LogP contribution < -0.4 is 37.9 Å². The molecule has 8 aromatic rings. The molecule has 0 saturated carbocycles. The van der Waals surface area contributed by atoms with Gasteiger partial charge in [0.1, 0.15) is 92.0 Å². The summed E-state index contributed by atoms with van der Waals surface area (Å²) in [6.45, 7) is 20.8. The molecular weight excluding hydrogens is 1380 g/mol. The Morgan fingerprint density at radius 1 is 0.204 bits per heavy atom. The van der Waals surface area contributed by atoms with Crippen molar-refractivity contribution >= 4 is 49.7 Å². The standard InChI is InChI=1S/4C21H26N2O4/c4*1-21(2,13-22-11-15-5-7-17(26-3)9-19(15)24)14-23-12-16-6-8-18(27-4)10-20(16)25/h4*5-12,24-25H,13-14H2,1-4H3. The molecule has 24 heteroatoms. The van der Waals surface area contributed by atoms with E-state index in [0.717, 1.165) is 0 Å². The summed E-state index contributed by atoms with van der Waals surface area (Å²) < 4.78 is 40.5. The van der Waals surface area contributed by atoms with Crippen LogP contribution in [0, 0.1) is 21.7 Å². The maximum atomic E-state index is 9.96. The maximum absolute atomic E-state index is 9.96. The minimum atomic E-state index is -0.169. The number of aliphatic imine (C=N–C) groups is 8. The molecule has 0 bridgehead atoms. The second-order valence-corrected chi connectivity index (χ2v) is 27.8. The lowest BCUT2D eigenvalue weighted by atomic mass is 9.94. The summed E-state index contributed by atoms with van der Waals surface area (Å²) in [5.74, 6) is 5.81. The molecule has 0 saturated heterocycles. The second-order valence-electron chi connectivity index (χ2n) is 27.8. The van der Waals surface area contributed by atoms with Gasteiger partial charge in [-0.05, 0) is 97.1 Å². The van der Waals surface area contributed by atoms with Crippen molar-refractivity contribution < 1.29 is 78.7 Å². The van der Waals surface area contributed by atoms with Crippen LogP contribution in [0.15, 0.2) is 186 Å². The van der Waals surface area contributed by atoms with E-state index in [2.05, 4.69) is 95.3 Å². The zero-order chi connectivity index (χ0) is 79.5. The van der Waals surface area contributed by atoms with E-state index in [4.69, 9.17) is 37.9 Å². The van der Waals surface area contributed by atoms with Crippen molar-refractivity contribution in [3.05, 3.63) is 190 Å². The van der Waals surface area contributed by atoms with Gasteiger partial charge in [-0.15, -0.1) is 0 Å². The van der Waals surface area contributed by atoms with E-state index in [1.165, 1.54) is 0 Å². The predicted molar refractivity (Wildman–Crippen MR) is 432 cm³/mol. The van der Waals surface area contributed by atoms with E-state index in [-0.39, 0.29) is 67.7 Å². The highest BCUT2D eigenvalue weighted by molar-refractivity contribution is 5.88. The van der Waals surface area contributed by atoms with Gasteiger partial charge in [-0.3, -0.25) is 39.9 Å². The van der Waals surface area contributed by atoms with Crippen LogP contribution in [-0.4, -0.2) is 200 Å². The van der Waals surface area contributed by atoms with E-state index in [1.54, 1.807) is 252 Å². The van der Waals surface area contributed by atoms with Gasteiger partial charge >= 0.3 is 0 Å². The lowest BCUT2D eigenvalue weighted by Gasteiger charge is -2.19. The number of ether oxygens (including phenoxy) is 8. The third-order valence-electron chi connectivity index (χ3n) is 15.9. The Bertz CT molecular complexity index is 3600. The van der Waals surface area contributed by atoms with Crippen molar-refractivity contribution in [1.82, 2.24) is 0 Å². The zero-order valence-electron chi connectivity index (χ0n) is 64.6. The Morgan fingerprint density at radius 2 is 0.306 bits per heavy atom. The summed E-state index contributed by atoms with van der Waals surface area (Å²) >= 11 is 0. The fourth-order valence-corrected chi connectivity index (χ4v) is 9.41. The molecule has 0 fully saturated rings. The molecule has 0 spiro atoms. The van der Waals surface area contributed by atoms with Crippen LogP contribution in [0.1, 0.15) is 99.9 Å². The van der Waals surface area contributed by atoms with Crippen LogP contribution in [0.2, 0.25) is 0 Å². The summed E-state index contributed by atoms with van der Waals surface area (Å²) in [4.78, 5) is 35.4. The number of methoxy groups -OCH3 is 8. The third kappa shape index (κ3) is 30.2. The highest BCUT2D eigenvalue weighted by Crippen LogP contribution is 2.31. The topological polar surface area (TPSA) is 335 Å². The lowest BCUT2D eigenvalue weighted by molar-refractivity contribution is 0.396. The molecule has 8 rings (SSSR count). The fourth-order valence-electron chi connectivity index (χ4n) is 9.41. The van der Waals surface area contributed by atoms with Gasteiger partial charge in [0.05, 0.1) is 56.9 Å². The average molecular weight is 1480 g/mol. The highest BCUT2D eigenvalue weighted by atomic mass is 16.5. The largest absolute Gasteiger partial charge is 0.507 e. The summed E-state index contributed by atoms with van der Waals surface area (Å²) in [6.07, 6.45) is 13.2. The van der Waals surface area contributed by atoms with Gasteiger partial charge < -0.3 is 78.7 Å². The van der Waals surface area contributed by atoms with Crippen LogP contribution in [-0.2, 0) is 0 Å². The molecule has 0 atom stereocenters. The van der Waals surface area contributed by atoms with Gasteiger partial charge in [-0.25, -0.2) is 0 Å². The molecule has 108 heavy (non-hydrogen) atoms. The number of benzene rings is 8. The molecule has 8 N–H and O–H groups in total. The molecule has 0 aliphatic rings. The Hall–Kier alpha value is -12.1. The second kappa shape index (κ2) is 42.8. The van der Waals surface area contributed by atoms with Crippen LogP contribution in [0.5, 0.6) is 92.0 Å². The van der Waals surface area contributed by atoms with Crippen molar-refractivity contribution in [2.75, 3.05) is 109 Å². The molecule has 0 aromatic heterocycles. The summed E-state index contributed by atoms with van der Waals surface area (Å²) in [7, 11) is 12.4. The lowest BCUT2D eigenvalue weighted by Crippen LogP contribution is -2.19. The molecule has 8 aromatic carbocycles. The number of hydrogen-bond donors (Lipinski definition) is 8. The first-order chi connectivity index (χ1) is 51.4. The molecule has 0 radical (unpaired) electrons. The smallest absolute Gasteiger partial charge is 0.128 e. The normalized spacial score (nSPS) is 12.0. The molecule has 0 aliphatic carbocycles. The number of phenolic OH excluding ortho intramolecular Hbond substituents is 8. The van der Waals surface area contributed by atoms with Crippen molar-refractivity contribution in [3.63, 3.8) is 0 Å².